The summed E-state index contributed by atoms with van der Waals surface area (Å²) in [5, 5.41) is 2.45. The molecule has 1 aromatic carbocycles. The molecule has 5 nitrogen and oxygen atoms in total. The van der Waals surface area contributed by atoms with Gasteiger partial charge in [-0.1, -0.05) is 48.6 Å². The summed E-state index contributed by atoms with van der Waals surface area (Å²) in [5.74, 6) is -0.986. The van der Waals surface area contributed by atoms with Gasteiger partial charge in [0.2, 0.25) is 0 Å². The fourth-order valence-corrected chi connectivity index (χ4v) is 1.74. The lowest BCUT2D eigenvalue weighted by Crippen LogP contribution is -2.45. The first kappa shape index (κ1) is 16.5. The third-order valence-electron chi connectivity index (χ3n) is 2.88. The van der Waals surface area contributed by atoms with Crippen LogP contribution in [0, 0.1) is 5.92 Å². The van der Waals surface area contributed by atoms with Crippen molar-refractivity contribution < 1.29 is 19.1 Å². The molecule has 0 radical (unpaired) electrons. The van der Waals surface area contributed by atoms with Crippen molar-refractivity contribution in [2.24, 2.45) is 5.92 Å². The van der Waals surface area contributed by atoms with Gasteiger partial charge in [-0.15, -0.1) is 6.58 Å². The van der Waals surface area contributed by atoms with E-state index in [4.69, 9.17) is 4.74 Å². The fraction of sp³-hybridized carbons (Fsp3) is 0.250. The summed E-state index contributed by atoms with van der Waals surface area (Å²) in [4.78, 5) is 23.1. The molecule has 0 saturated heterocycles. The third kappa shape index (κ3) is 5.14. The van der Waals surface area contributed by atoms with Crippen LogP contribution in [0.25, 0.3) is 6.08 Å². The van der Waals surface area contributed by atoms with Gasteiger partial charge < -0.3 is 14.8 Å². The van der Waals surface area contributed by atoms with Gasteiger partial charge in [0.1, 0.15) is 6.04 Å². The molecule has 0 saturated carbocycles. The monoisotopic (exact) mass is 289 g/mol. The Morgan fingerprint density at radius 2 is 1.86 bits per heavy atom. The lowest BCUT2D eigenvalue weighted by Gasteiger charge is -2.20. The lowest BCUT2D eigenvalue weighted by atomic mass is 9.98. The van der Waals surface area contributed by atoms with E-state index in [0.717, 1.165) is 5.56 Å². The molecule has 0 aromatic heterocycles. The van der Waals surface area contributed by atoms with Gasteiger partial charge in [-0.05, 0) is 5.56 Å². The minimum atomic E-state index is -0.889. The SMILES string of the molecule is C=CC(/C=C/c1ccccc1)C(NC(=O)OC)C(=O)OC. The quantitative estimate of drug-likeness (QED) is 0.645. The average Bonchev–Trinajstić information content (AvgIpc) is 2.54. The van der Waals surface area contributed by atoms with Crippen LogP contribution in [0.2, 0.25) is 0 Å². The molecule has 112 valence electrons. The van der Waals surface area contributed by atoms with Crippen molar-refractivity contribution in [1.82, 2.24) is 5.32 Å². The van der Waals surface area contributed by atoms with E-state index in [1.807, 2.05) is 36.4 Å². The van der Waals surface area contributed by atoms with Crippen LogP contribution < -0.4 is 5.32 Å². The maximum Gasteiger partial charge on any atom is 0.407 e. The Kier molecular flexibility index (Phi) is 6.74. The highest BCUT2D eigenvalue weighted by Gasteiger charge is 2.27. The molecule has 5 heteroatoms. The highest BCUT2D eigenvalue weighted by Crippen LogP contribution is 2.12. The lowest BCUT2D eigenvalue weighted by molar-refractivity contribution is -0.143. The number of hydrogen-bond donors (Lipinski definition) is 1. The molecule has 21 heavy (non-hydrogen) atoms. The standard InChI is InChI=1S/C16H19NO4/c1-4-13(11-10-12-8-6-5-7-9-12)14(15(18)20-2)17-16(19)21-3/h4-11,13-14H,1H2,2-3H3,(H,17,19)/b11-10+. The van der Waals surface area contributed by atoms with Crippen molar-refractivity contribution in [3.05, 3.63) is 54.6 Å². The molecule has 0 bridgehead atoms. The van der Waals surface area contributed by atoms with Gasteiger partial charge in [-0.2, -0.15) is 0 Å². The zero-order chi connectivity index (χ0) is 15.7. The van der Waals surface area contributed by atoms with Crippen molar-refractivity contribution in [2.45, 2.75) is 6.04 Å². The number of alkyl carbamates (subject to hydrolysis) is 1. The molecule has 1 rings (SSSR count). The zero-order valence-corrected chi connectivity index (χ0v) is 12.1. The molecule has 0 aliphatic rings. The highest BCUT2D eigenvalue weighted by molar-refractivity contribution is 5.82. The predicted octanol–water partition coefficient (Wildman–Crippen LogP) is 2.40. The number of benzene rings is 1. The Labute approximate surface area is 124 Å². The zero-order valence-electron chi connectivity index (χ0n) is 12.1. The second kappa shape index (κ2) is 8.58. The second-order valence-corrected chi connectivity index (χ2v) is 4.22. The van der Waals surface area contributed by atoms with Crippen molar-refractivity contribution in [3.63, 3.8) is 0 Å². The van der Waals surface area contributed by atoms with Gasteiger partial charge in [0.25, 0.3) is 0 Å². The van der Waals surface area contributed by atoms with Crippen LogP contribution >= 0.6 is 0 Å². The maximum atomic E-state index is 11.8. The number of amides is 1. The van der Waals surface area contributed by atoms with Gasteiger partial charge in [-0.25, -0.2) is 9.59 Å². The van der Waals surface area contributed by atoms with Crippen molar-refractivity contribution in [1.29, 1.82) is 0 Å². The summed E-state index contributed by atoms with van der Waals surface area (Å²) >= 11 is 0. The summed E-state index contributed by atoms with van der Waals surface area (Å²) in [6.07, 6.45) is 4.49. The first-order valence-electron chi connectivity index (χ1n) is 6.40. The Balaban J connectivity index is 2.90. The molecule has 1 amide bonds. The van der Waals surface area contributed by atoms with E-state index in [0.29, 0.717) is 0 Å². The van der Waals surface area contributed by atoms with Crippen molar-refractivity contribution >= 4 is 18.1 Å². The summed E-state index contributed by atoms with van der Waals surface area (Å²) in [7, 11) is 2.49. The molecule has 0 fully saturated rings. The third-order valence-corrected chi connectivity index (χ3v) is 2.88. The molecule has 0 heterocycles. The van der Waals surface area contributed by atoms with Crippen LogP contribution in [0.4, 0.5) is 4.79 Å². The minimum absolute atomic E-state index is 0.420. The van der Waals surface area contributed by atoms with Gasteiger partial charge in [-0.3, -0.25) is 0 Å². The Morgan fingerprint density at radius 3 is 2.38 bits per heavy atom. The molecule has 1 N–H and O–H groups in total. The van der Waals surface area contributed by atoms with Crippen LogP contribution in [-0.4, -0.2) is 32.3 Å². The normalized spacial score (nSPS) is 13.2. The van der Waals surface area contributed by atoms with Gasteiger partial charge in [0, 0.05) is 5.92 Å². The largest absolute Gasteiger partial charge is 0.467 e. The number of nitrogens with one attached hydrogen (secondary N) is 1. The van der Waals surface area contributed by atoms with Crippen LogP contribution in [0.5, 0.6) is 0 Å². The summed E-state index contributed by atoms with van der Waals surface area (Å²) < 4.78 is 9.22. The number of esters is 1. The molecule has 0 aliphatic heterocycles. The molecule has 1 aromatic rings. The Hall–Kier alpha value is -2.56. The maximum absolute atomic E-state index is 11.8. The second-order valence-electron chi connectivity index (χ2n) is 4.22. The minimum Gasteiger partial charge on any atom is -0.467 e. The Bertz CT molecular complexity index is 510. The predicted molar refractivity (Wildman–Crippen MR) is 80.5 cm³/mol. The average molecular weight is 289 g/mol. The van der Waals surface area contributed by atoms with E-state index in [1.54, 1.807) is 12.2 Å². The molecular formula is C16H19NO4. The molecule has 0 aliphatic carbocycles. The van der Waals surface area contributed by atoms with Gasteiger partial charge >= 0.3 is 12.1 Å². The van der Waals surface area contributed by atoms with Gasteiger partial charge in [0.05, 0.1) is 14.2 Å². The van der Waals surface area contributed by atoms with Crippen LogP contribution in [0.1, 0.15) is 5.56 Å². The summed E-state index contributed by atoms with van der Waals surface area (Å²) in [6, 6.07) is 8.70. The van der Waals surface area contributed by atoms with Crippen LogP contribution in [0.15, 0.2) is 49.1 Å². The van der Waals surface area contributed by atoms with Crippen LogP contribution in [0.3, 0.4) is 0 Å². The number of methoxy groups -OCH3 is 2. The number of carbonyl (C=O) groups is 2. The van der Waals surface area contributed by atoms with Crippen LogP contribution in [-0.2, 0) is 14.3 Å². The van der Waals surface area contributed by atoms with E-state index < -0.39 is 24.0 Å². The topological polar surface area (TPSA) is 64.6 Å². The van der Waals surface area contributed by atoms with E-state index in [-0.39, 0.29) is 0 Å². The van der Waals surface area contributed by atoms with Crippen molar-refractivity contribution in [3.8, 4) is 0 Å². The number of rotatable bonds is 6. The smallest absolute Gasteiger partial charge is 0.407 e. The van der Waals surface area contributed by atoms with E-state index >= 15 is 0 Å². The highest BCUT2D eigenvalue weighted by atomic mass is 16.5. The first-order valence-corrected chi connectivity index (χ1v) is 6.40. The fourth-order valence-electron chi connectivity index (χ4n) is 1.74. The van der Waals surface area contributed by atoms with Gasteiger partial charge in [0.15, 0.2) is 0 Å². The number of carbonyl (C=O) groups excluding carboxylic acids is 2. The van der Waals surface area contributed by atoms with E-state index in [2.05, 4.69) is 16.6 Å². The summed E-state index contributed by atoms with van der Waals surface area (Å²) in [6.45, 7) is 3.69. The van der Waals surface area contributed by atoms with E-state index in [9.17, 15) is 9.59 Å². The number of ether oxygens (including phenoxy) is 2. The first-order chi connectivity index (χ1) is 10.1. The molecule has 2 atom stereocenters. The number of hydrogen-bond acceptors (Lipinski definition) is 4. The molecule has 0 spiro atoms. The Morgan fingerprint density at radius 1 is 1.19 bits per heavy atom. The van der Waals surface area contributed by atoms with Crippen molar-refractivity contribution in [2.75, 3.05) is 14.2 Å². The molecular weight excluding hydrogens is 270 g/mol. The molecule has 2 unspecified atom stereocenters. The summed E-state index contributed by atoms with van der Waals surface area (Å²) in [5.41, 5.74) is 0.978. The van der Waals surface area contributed by atoms with E-state index in [1.165, 1.54) is 14.2 Å².